The molecule has 3 unspecified atom stereocenters. The molecule has 0 aliphatic rings. The third-order valence-corrected chi connectivity index (χ3v) is 13.0. The lowest BCUT2D eigenvalue weighted by molar-refractivity contribution is 0.722. The predicted molar refractivity (Wildman–Crippen MR) is 203 cm³/mol. The van der Waals surface area contributed by atoms with E-state index in [1.165, 1.54) is 52.0 Å². The molecule has 4 rings (SSSR count). The van der Waals surface area contributed by atoms with Crippen LogP contribution in [0.25, 0.3) is 0 Å². The van der Waals surface area contributed by atoms with Gasteiger partial charge in [-0.1, -0.05) is 163 Å². The van der Waals surface area contributed by atoms with Crippen LogP contribution in [0, 0.1) is 0 Å². The van der Waals surface area contributed by atoms with Crippen LogP contribution < -0.4 is 0 Å². The van der Waals surface area contributed by atoms with Crippen molar-refractivity contribution in [3.8, 4) is 0 Å². The van der Waals surface area contributed by atoms with Crippen molar-refractivity contribution >= 4 is 118 Å². The molecule has 0 fully saturated rings. The van der Waals surface area contributed by atoms with E-state index in [0.29, 0.717) is 15.5 Å². The van der Waals surface area contributed by atoms with Gasteiger partial charge in [-0.25, -0.2) is 0 Å². The standard InChI is InChI=1S/C30H27N3S9/c1-19(22-13-7-4-8-14-22)37-28(34)40-25-31-26(41-29(35)38-20(2)23-15-9-5-10-16-23)33-27(32-25)42-30(36)39-21(3)24-17-11-6-12-18-24/h4-21H,1-3H3. The normalized spacial score (nSPS) is 13.2. The average molecular weight is 718 g/mol. The Balaban J connectivity index is 1.47. The van der Waals surface area contributed by atoms with Gasteiger partial charge in [-0.2, -0.15) is 15.0 Å². The molecule has 0 amide bonds. The zero-order valence-corrected chi connectivity index (χ0v) is 30.3. The van der Waals surface area contributed by atoms with Crippen molar-refractivity contribution in [1.82, 2.24) is 15.0 Å². The second-order valence-corrected chi connectivity index (χ2v) is 19.3. The second-order valence-electron chi connectivity index (χ2n) is 8.75. The molecule has 0 saturated carbocycles. The van der Waals surface area contributed by atoms with Crippen LogP contribution in [0.5, 0.6) is 0 Å². The molecule has 0 spiro atoms. The predicted octanol–water partition coefficient (Wildman–Crippen LogP) is 11.5. The van der Waals surface area contributed by atoms with Crippen molar-refractivity contribution in [2.75, 3.05) is 0 Å². The summed E-state index contributed by atoms with van der Waals surface area (Å²) in [6, 6.07) is 31.0. The molecule has 0 N–H and O–H groups in total. The highest BCUT2D eigenvalue weighted by molar-refractivity contribution is 8.48. The van der Waals surface area contributed by atoms with E-state index in [4.69, 9.17) is 51.6 Å². The molecule has 3 atom stereocenters. The Morgan fingerprint density at radius 2 is 0.690 bits per heavy atom. The maximum Gasteiger partial charge on any atom is 0.198 e. The molecule has 3 aromatic carbocycles. The molecule has 3 nitrogen and oxygen atoms in total. The summed E-state index contributed by atoms with van der Waals surface area (Å²) in [5.41, 5.74) is 3.66. The van der Waals surface area contributed by atoms with E-state index in [1.54, 1.807) is 35.3 Å². The van der Waals surface area contributed by atoms with Gasteiger partial charge in [0.15, 0.2) is 15.5 Å². The fourth-order valence-electron chi connectivity index (χ4n) is 3.56. The topological polar surface area (TPSA) is 38.7 Å². The molecule has 0 bridgehead atoms. The number of nitrogens with zero attached hydrogens (tertiary/aromatic N) is 3. The van der Waals surface area contributed by atoms with Crippen molar-refractivity contribution in [3.63, 3.8) is 0 Å². The Hall–Kier alpha value is -0.960. The first-order valence-corrected chi connectivity index (χ1v) is 19.1. The summed E-state index contributed by atoms with van der Waals surface area (Å²) in [4.78, 5) is 14.2. The van der Waals surface area contributed by atoms with Gasteiger partial charge in [-0.3, -0.25) is 0 Å². The largest absolute Gasteiger partial charge is 0.198 e. The minimum Gasteiger partial charge on any atom is -0.196 e. The maximum absolute atomic E-state index is 5.75. The Morgan fingerprint density at radius 3 is 0.929 bits per heavy atom. The number of benzene rings is 3. The fourth-order valence-corrected chi connectivity index (χ4v) is 11.2. The van der Waals surface area contributed by atoms with Crippen molar-refractivity contribution in [1.29, 1.82) is 0 Å². The molecule has 0 saturated heterocycles. The number of rotatable bonds is 9. The first kappa shape index (κ1) is 33.9. The van der Waals surface area contributed by atoms with Crippen LogP contribution in [0.15, 0.2) is 106 Å². The lowest BCUT2D eigenvalue weighted by Gasteiger charge is -2.14. The minimum absolute atomic E-state index is 0.211. The monoisotopic (exact) mass is 717 g/mol. The van der Waals surface area contributed by atoms with E-state index < -0.39 is 0 Å². The summed E-state index contributed by atoms with van der Waals surface area (Å²) in [5.74, 6) is 0. The highest BCUT2D eigenvalue weighted by atomic mass is 32.2. The van der Waals surface area contributed by atoms with E-state index in [1.807, 2.05) is 54.6 Å². The summed E-state index contributed by atoms with van der Waals surface area (Å²) in [7, 11) is 0. The van der Waals surface area contributed by atoms with E-state index in [9.17, 15) is 0 Å². The van der Waals surface area contributed by atoms with Crippen LogP contribution in [-0.2, 0) is 0 Å². The first-order chi connectivity index (χ1) is 20.3. The van der Waals surface area contributed by atoms with E-state index in [2.05, 4.69) is 57.2 Å². The summed E-state index contributed by atoms with van der Waals surface area (Å²) in [6.07, 6.45) is 0. The second kappa shape index (κ2) is 17.5. The molecule has 1 heterocycles. The zero-order chi connectivity index (χ0) is 29.9. The summed E-state index contributed by atoms with van der Waals surface area (Å²) in [5, 5.41) is 2.26. The van der Waals surface area contributed by atoms with Gasteiger partial charge in [-0.05, 0) is 72.7 Å². The number of hydrogen-bond acceptors (Lipinski definition) is 12. The average Bonchev–Trinajstić information content (AvgIpc) is 2.98. The van der Waals surface area contributed by atoms with Crippen LogP contribution >= 0.6 is 107 Å². The lowest BCUT2D eigenvalue weighted by Crippen LogP contribution is -2.01. The van der Waals surface area contributed by atoms with Crippen LogP contribution in [-0.4, -0.2) is 25.5 Å². The summed E-state index contributed by atoms with van der Waals surface area (Å²) in [6.45, 7) is 6.45. The lowest BCUT2D eigenvalue weighted by atomic mass is 10.2. The van der Waals surface area contributed by atoms with Gasteiger partial charge in [0.25, 0.3) is 0 Å². The van der Waals surface area contributed by atoms with Crippen molar-refractivity contribution < 1.29 is 0 Å². The van der Waals surface area contributed by atoms with Crippen molar-refractivity contribution in [2.24, 2.45) is 0 Å². The molecule has 0 aliphatic carbocycles. The first-order valence-electron chi connectivity index (χ1n) is 12.8. The Morgan fingerprint density at radius 1 is 0.452 bits per heavy atom. The number of thiocarbonyl (C=S) groups is 3. The van der Waals surface area contributed by atoms with Gasteiger partial charge >= 0.3 is 0 Å². The molecule has 0 radical (unpaired) electrons. The highest BCUT2D eigenvalue weighted by Gasteiger charge is 2.19. The van der Waals surface area contributed by atoms with Gasteiger partial charge in [0.2, 0.25) is 0 Å². The molecule has 1 aromatic heterocycles. The van der Waals surface area contributed by atoms with Crippen molar-refractivity contribution in [3.05, 3.63) is 108 Å². The smallest absolute Gasteiger partial charge is 0.196 e. The minimum atomic E-state index is 0.211. The highest BCUT2D eigenvalue weighted by Crippen LogP contribution is 2.39. The number of aromatic nitrogens is 3. The van der Waals surface area contributed by atoms with Crippen molar-refractivity contribution in [2.45, 2.75) is 52.0 Å². The van der Waals surface area contributed by atoms with Gasteiger partial charge in [0.1, 0.15) is 10.6 Å². The molecule has 0 aliphatic heterocycles. The Labute approximate surface area is 289 Å². The molecule has 4 aromatic rings. The third-order valence-electron chi connectivity index (χ3n) is 5.72. The van der Waals surface area contributed by atoms with E-state index >= 15 is 0 Å². The molecule has 216 valence electrons. The molecule has 12 heteroatoms. The van der Waals surface area contributed by atoms with Crippen LogP contribution in [0.2, 0.25) is 0 Å². The molecular weight excluding hydrogens is 691 g/mol. The Bertz CT molecular complexity index is 1300. The quantitative estimate of drug-likeness (QED) is 0.122. The summed E-state index contributed by atoms with van der Waals surface area (Å²) < 4.78 is 2.23. The zero-order valence-electron chi connectivity index (χ0n) is 22.9. The third kappa shape index (κ3) is 11.2. The van der Waals surface area contributed by atoms with Gasteiger partial charge in [-0.15, -0.1) is 0 Å². The Kier molecular flexibility index (Phi) is 14.1. The van der Waals surface area contributed by atoms with Crippen LogP contribution in [0.4, 0.5) is 0 Å². The van der Waals surface area contributed by atoms with E-state index in [-0.39, 0.29) is 15.7 Å². The van der Waals surface area contributed by atoms with Gasteiger partial charge in [0, 0.05) is 15.7 Å². The summed E-state index contributed by atoms with van der Waals surface area (Å²) >= 11 is 26.2. The van der Waals surface area contributed by atoms with Crippen LogP contribution in [0.3, 0.4) is 0 Å². The molecule has 42 heavy (non-hydrogen) atoms. The molecular formula is C30H27N3S9. The number of hydrogen-bond donors (Lipinski definition) is 0. The van der Waals surface area contributed by atoms with Gasteiger partial charge in [0.05, 0.1) is 0 Å². The van der Waals surface area contributed by atoms with E-state index in [0.717, 1.165) is 10.6 Å². The van der Waals surface area contributed by atoms with Gasteiger partial charge < -0.3 is 0 Å². The fraction of sp³-hybridized carbons (Fsp3) is 0.200. The maximum atomic E-state index is 5.75. The van der Waals surface area contributed by atoms with Crippen LogP contribution in [0.1, 0.15) is 53.2 Å². The SMILES string of the molecule is CC(SC(=S)Sc1nc(SC(=S)SC(C)c2ccccc2)nc(SC(=S)SC(C)c2ccccc2)n1)c1ccccc1. The number of thioether (sulfide) groups is 6.